The number of rotatable bonds is 14. The highest BCUT2D eigenvalue weighted by Gasteiger charge is 2.24. The van der Waals surface area contributed by atoms with Crippen LogP contribution >= 0.6 is 0 Å². The van der Waals surface area contributed by atoms with Crippen molar-refractivity contribution < 1.29 is 27.1 Å². The van der Waals surface area contributed by atoms with Crippen molar-refractivity contribution in [1.29, 1.82) is 5.26 Å². The molecule has 1 rings (SSSR count). The van der Waals surface area contributed by atoms with Crippen molar-refractivity contribution in [3.63, 3.8) is 0 Å². The number of aliphatic hydroxyl groups is 1. The molecule has 192 valence electrons. The Hall–Kier alpha value is -1.50. The van der Waals surface area contributed by atoms with E-state index in [0.29, 0.717) is 12.0 Å². The van der Waals surface area contributed by atoms with E-state index in [2.05, 4.69) is 27.7 Å². The zero-order valence-corrected chi connectivity index (χ0v) is 22.0. The van der Waals surface area contributed by atoms with Crippen LogP contribution in [-0.4, -0.2) is 59.9 Å². The third kappa shape index (κ3) is 22.1. The summed E-state index contributed by atoms with van der Waals surface area (Å²) in [7, 11) is -4.67. The van der Waals surface area contributed by atoms with Crippen LogP contribution in [0.1, 0.15) is 90.2 Å². The van der Waals surface area contributed by atoms with E-state index >= 15 is 0 Å². The molecular weight excluding hydrogens is 440 g/mol. The maximum Gasteiger partial charge on any atom is 0.394 e. The lowest BCUT2D eigenvalue weighted by molar-refractivity contribution is -0.929. The average Bonchev–Trinajstić information content (AvgIpc) is 2.78. The van der Waals surface area contributed by atoms with Crippen molar-refractivity contribution in [2.75, 3.05) is 32.8 Å². The molecular formula is C25H47N2O5S+. The van der Waals surface area contributed by atoms with Gasteiger partial charge in [0.1, 0.15) is 0 Å². The van der Waals surface area contributed by atoms with Gasteiger partial charge in [0, 0.05) is 6.61 Å². The maximum atomic E-state index is 8.74. The SMILES string of the molecule is CCCC[N+](CCCC)(CCCC)CCCC.N#Cc1ccc(CCO)cc1.O=S(=O)(O)O. The summed E-state index contributed by atoms with van der Waals surface area (Å²) >= 11 is 0. The highest BCUT2D eigenvalue weighted by atomic mass is 32.3. The quantitative estimate of drug-likeness (QED) is 0.237. The van der Waals surface area contributed by atoms with Crippen LogP contribution in [0.2, 0.25) is 0 Å². The Morgan fingerprint density at radius 3 is 1.36 bits per heavy atom. The third-order valence-electron chi connectivity index (χ3n) is 5.43. The van der Waals surface area contributed by atoms with Crippen molar-refractivity contribution in [1.82, 2.24) is 0 Å². The lowest BCUT2D eigenvalue weighted by atomic mass is 10.1. The summed E-state index contributed by atoms with van der Waals surface area (Å²) in [6.07, 6.45) is 11.7. The van der Waals surface area contributed by atoms with Gasteiger partial charge in [0.15, 0.2) is 0 Å². The molecule has 3 N–H and O–H groups in total. The lowest BCUT2D eigenvalue weighted by Gasteiger charge is -2.39. The minimum Gasteiger partial charge on any atom is -0.396 e. The minimum absolute atomic E-state index is 0.159. The lowest BCUT2D eigenvalue weighted by Crippen LogP contribution is -2.50. The van der Waals surface area contributed by atoms with Gasteiger partial charge in [-0.2, -0.15) is 13.7 Å². The third-order valence-corrected chi connectivity index (χ3v) is 5.43. The molecule has 0 radical (unpaired) electrons. The number of aliphatic hydroxyl groups excluding tert-OH is 1. The Balaban J connectivity index is 0. The van der Waals surface area contributed by atoms with E-state index in [9.17, 15) is 0 Å². The summed E-state index contributed by atoms with van der Waals surface area (Å²) in [5.74, 6) is 0. The first kappa shape index (κ1) is 33.7. The fourth-order valence-electron chi connectivity index (χ4n) is 3.52. The van der Waals surface area contributed by atoms with Crippen LogP contribution in [0.25, 0.3) is 0 Å². The standard InChI is InChI=1S/C16H36N.C9H9NO.H2O4S/c1-5-9-13-17(14-10-6-2,15-11-7-3)16-12-8-4;10-7-9-3-1-8(2-4-9)5-6-11;1-5(2,3)4/h5-16H2,1-4H3;1-4,11H,5-6H2;(H2,1,2,3,4)/q+1;;. The predicted molar refractivity (Wildman–Crippen MR) is 135 cm³/mol. The number of hydrogen-bond donors (Lipinski definition) is 3. The van der Waals surface area contributed by atoms with Crippen LogP contribution in [0.3, 0.4) is 0 Å². The van der Waals surface area contributed by atoms with E-state index in [4.69, 9.17) is 27.9 Å². The second-order valence-electron chi connectivity index (χ2n) is 8.38. The van der Waals surface area contributed by atoms with Crippen molar-refractivity contribution in [3.8, 4) is 6.07 Å². The molecule has 0 saturated heterocycles. The molecule has 0 amide bonds. The topological polar surface area (TPSA) is 119 Å². The van der Waals surface area contributed by atoms with Crippen molar-refractivity contribution in [2.45, 2.75) is 85.5 Å². The molecule has 0 aromatic heterocycles. The van der Waals surface area contributed by atoms with E-state index < -0.39 is 10.4 Å². The highest BCUT2D eigenvalue weighted by molar-refractivity contribution is 7.79. The molecule has 0 atom stereocenters. The second kappa shape index (κ2) is 21.1. The number of unbranched alkanes of at least 4 members (excludes halogenated alkanes) is 4. The monoisotopic (exact) mass is 487 g/mol. The van der Waals surface area contributed by atoms with Crippen LogP contribution in [0, 0.1) is 11.3 Å². The van der Waals surface area contributed by atoms with Gasteiger partial charge < -0.3 is 9.59 Å². The molecule has 0 unspecified atom stereocenters. The molecule has 0 bridgehead atoms. The van der Waals surface area contributed by atoms with E-state index in [0.717, 1.165) is 5.56 Å². The number of benzene rings is 1. The van der Waals surface area contributed by atoms with Crippen LogP contribution in [0.5, 0.6) is 0 Å². The first-order chi connectivity index (χ1) is 15.6. The van der Waals surface area contributed by atoms with Gasteiger partial charge in [-0.15, -0.1) is 0 Å². The largest absolute Gasteiger partial charge is 0.396 e. The molecule has 0 saturated carbocycles. The normalized spacial score (nSPS) is 11.0. The molecule has 1 aromatic carbocycles. The van der Waals surface area contributed by atoms with Crippen molar-refractivity contribution in [2.24, 2.45) is 0 Å². The van der Waals surface area contributed by atoms with E-state index in [1.807, 2.05) is 18.2 Å². The summed E-state index contributed by atoms with van der Waals surface area (Å²) in [6.45, 7) is 15.2. The Kier molecular flexibility index (Phi) is 21.5. The number of hydrogen-bond acceptors (Lipinski definition) is 4. The van der Waals surface area contributed by atoms with Gasteiger partial charge in [-0.25, -0.2) is 0 Å². The Morgan fingerprint density at radius 1 is 0.788 bits per heavy atom. The summed E-state index contributed by atoms with van der Waals surface area (Å²) in [4.78, 5) is 0. The van der Waals surface area contributed by atoms with Crippen molar-refractivity contribution >= 4 is 10.4 Å². The molecule has 0 aliphatic carbocycles. The van der Waals surface area contributed by atoms with E-state index in [-0.39, 0.29) is 6.61 Å². The van der Waals surface area contributed by atoms with Crippen LogP contribution in [0.4, 0.5) is 0 Å². The molecule has 1 aromatic rings. The Morgan fingerprint density at radius 2 is 1.12 bits per heavy atom. The number of quaternary nitrogens is 1. The van der Waals surface area contributed by atoms with E-state index in [1.165, 1.54) is 82.0 Å². The fourth-order valence-corrected chi connectivity index (χ4v) is 3.52. The molecule has 7 nitrogen and oxygen atoms in total. The molecule has 33 heavy (non-hydrogen) atoms. The van der Waals surface area contributed by atoms with Crippen LogP contribution in [-0.2, 0) is 16.8 Å². The van der Waals surface area contributed by atoms with Gasteiger partial charge in [-0.3, -0.25) is 9.11 Å². The zero-order chi connectivity index (χ0) is 25.6. The van der Waals surface area contributed by atoms with Gasteiger partial charge in [-0.05, 0) is 49.8 Å². The summed E-state index contributed by atoms with van der Waals surface area (Å²) in [5.41, 5.74) is 1.72. The van der Waals surface area contributed by atoms with Gasteiger partial charge in [-0.1, -0.05) is 65.5 Å². The summed E-state index contributed by atoms with van der Waals surface area (Å²) in [5, 5.41) is 17.0. The number of nitrogens with zero attached hydrogens (tertiary/aromatic N) is 2. The van der Waals surface area contributed by atoms with Gasteiger partial charge in [0.05, 0.1) is 37.8 Å². The summed E-state index contributed by atoms with van der Waals surface area (Å²) in [6, 6.07) is 9.26. The van der Waals surface area contributed by atoms with Gasteiger partial charge in [0.2, 0.25) is 0 Å². The molecule has 0 aliphatic heterocycles. The highest BCUT2D eigenvalue weighted by Crippen LogP contribution is 2.16. The van der Waals surface area contributed by atoms with Gasteiger partial charge >= 0.3 is 10.4 Å². The molecule has 0 aliphatic rings. The minimum atomic E-state index is -4.67. The Bertz CT molecular complexity index is 670. The second-order valence-corrected chi connectivity index (χ2v) is 9.28. The maximum absolute atomic E-state index is 8.74. The van der Waals surface area contributed by atoms with Crippen LogP contribution in [0.15, 0.2) is 24.3 Å². The van der Waals surface area contributed by atoms with Crippen molar-refractivity contribution in [3.05, 3.63) is 35.4 Å². The first-order valence-electron chi connectivity index (χ1n) is 12.3. The average molecular weight is 488 g/mol. The van der Waals surface area contributed by atoms with Gasteiger partial charge in [0.25, 0.3) is 0 Å². The molecule has 0 heterocycles. The zero-order valence-electron chi connectivity index (χ0n) is 21.2. The molecule has 0 fully saturated rings. The number of nitriles is 1. The fraction of sp³-hybridized carbons (Fsp3) is 0.720. The predicted octanol–water partition coefficient (Wildman–Crippen LogP) is 5.44. The van der Waals surface area contributed by atoms with Crippen LogP contribution < -0.4 is 0 Å². The summed E-state index contributed by atoms with van der Waals surface area (Å²) < 4.78 is 33.0. The molecule has 0 spiro atoms. The smallest absolute Gasteiger partial charge is 0.394 e. The molecule has 8 heteroatoms. The Labute approximate surface area is 202 Å². The first-order valence-corrected chi connectivity index (χ1v) is 13.7. The van der Waals surface area contributed by atoms with E-state index in [1.54, 1.807) is 12.1 Å².